The van der Waals surface area contributed by atoms with Crippen molar-refractivity contribution in [2.45, 2.75) is 26.8 Å². The Morgan fingerprint density at radius 1 is 1.17 bits per heavy atom. The highest BCUT2D eigenvalue weighted by Gasteiger charge is 2.30. The van der Waals surface area contributed by atoms with Crippen LogP contribution in [0.4, 0.5) is 4.79 Å². The monoisotopic (exact) mass is 428 g/mol. The van der Waals surface area contributed by atoms with E-state index in [-0.39, 0.29) is 17.6 Å². The molecule has 1 atom stereocenters. The van der Waals surface area contributed by atoms with E-state index < -0.39 is 6.04 Å². The van der Waals surface area contributed by atoms with Crippen LogP contribution in [0.1, 0.15) is 25.6 Å². The molecule has 0 aliphatic carbocycles. The average molecular weight is 429 g/mol. The van der Waals surface area contributed by atoms with Gasteiger partial charge in [0.25, 0.3) is 5.56 Å². The molecule has 3 heterocycles. The number of nitrogens with zero attached hydrogens (tertiary/aromatic N) is 4. The van der Waals surface area contributed by atoms with Gasteiger partial charge in [-0.15, -0.1) is 11.3 Å². The number of carbonyl (C=O) groups is 2. The van der Waals surface area contributed by atoms with Crippen LogP contribution in [-0.2, 0) is 9.53 Å². The van der Waals surface area contributed by atoms with Gasteiger partial charge in [-0.25, -0.2) is 9.48 Å². The van der Waals surface area contributed by atoms with E-state index in [1.54, 1.807) is 35.0 Å². The van der Waals surface area contributed by atoms with Gasteiger partial charge in [0.15, 0.2) is 0 Å². The Morgan fingerprint density at radius 2 is 1.83 bits per heavy atom. The van der Waals surface area contributed by atoms with Crippen LogP contribution < -0.4 is 5.56 Å². The first kappa shape index (κ1) is 20.3. The molecule has 2 amide bonds. The van der Waals surface area contributed by atoms with E-state index in [1.807, 2.05) is 31.2 Å². The molecule has 1 aromatic carbocycles. The van der Waals surface area contributed by atoms with Crippen molar-refractivity contribution in [2.24, 2.45) is 0 Å². The third-order valence-corrected chi connectivity index (χ3v) is 6.72. The van der Waals surface area contributed by atoms with E-state index in [0.29, 0.717) is 38.2 Å². The summed E-state index contributed by atoms with van der Waals surface area (Å²) >= 11 is 1.55. The van der Waals surface area contributed by atoms with Crippen LogP contribution in [0, 0.1) is 6.92 Å². The number of hydrogen-bond acceptors (Lipinski definition) is 6. The first-order valence-electron chi connectivity index (χ1n) is 10.0. The van der Waals surface area contributed by atoms with Crippen LogP contribution in [0.2, 0.25) is 0 Å². The summed E-state index contributed by atoms with van der Waals surface area (Å²) in [7, 11) is 0. The second kappa shape index (κ2) is 8.06. The lowest BCUT2D eigenvalue weighted by molar-refractivity contribution is -0.136. The van der Waals surface area contributed by atoms with Crippen LogP contribution in [0.5, 0.6) is 0 Å². The smallest absolute Gasteiger partial charge is 0.409 e. The number of ether oxygens (including phenoxy) is 1. The molecule has 30 heavy (non-hydrogen) atoms. The Morgan fingerprint density at radius 3 is 2.53 bits per heavy atom. The van der Waals surface area contributed by atoms with Crippen LogP contribution >= 0.6 is 11.3 Å². The molecular formula is C21H24N4O4S. The van der Waals surface area contributed by atoms with E-state index >= 15 is 0 Å². The summed E-state index contributed by atoms with van der Waals surface area (Å²) in [5.41, 5.74) is 0.483. The lowest BCUT2D eigenvalue weighted by atomic mass is 10.2. The van der Waals surface area contributed by atoms with Gasteiger partial charge in [0.05, 0.1) is 22.4 Å². The molecule has 1 aliphatic rings. The van der Waals surface area contributed by atoms with Crippen molar-refractivity contribution in [1.82, 2.24) is 19.6 Å². The number of thiophene rings is 1. The normalized spacial score (nSPS) is 15.6. The third kappa shape index (κ3) is 3.43. The molecule has 0 spiro atoms. The number of rotatable bonds is 3. The number of piperazine rings is 1. The molecule has 2 aromatic heterocycles. The van der Waals surface area contributed by atoms with Crippen molar-refractivity contribution in [2.75, 3.05) is 32.8 Å². The lowest BCUT2D eigenvalue weighted by Crippen LogP contribution is -2.52. The minimum Gasteiger partial charge on any atom is -0.450 e. The van der Waals surface area contributed by atoms with Crippen LogP contribution in [0.25, 0.3) is 20.2 Å². The Balaban J connectivity index is 1.60. The highest BCUT2D eigenvalue weighted by atomic mass is 32.1. The third-order valence-electron chi connectivity index (χ3n) is 5.45. The summed E-state index contributed by atoms with van der Waals surface area (Å²) in [6, 6.07) is 7.04. The molecule has 0 bridgehead atoms. The van der Waals surface area contributed by atoms with E-state index in [9.17, 15) is 14.4 Å². The molecule has 1 saturated heterocycles. The summed E-state index contributed by atoms with van der Waals surface area (Å²) in [5, 5.41) is 5.98. The molecule has 0 saturated carbocycles. The standard InChI is InChI=1S/C21H24N4O4S/c1-4-29-21(28)24-11-9-23(10-12-24)19(26)14(3)25-20(27)17-15-7-5-6-8-16(15)30-18(17)13(2)22-25/h5-8,14H,4,9-12H2,1-3H3/t14-/m1/s1. The zero-order valence-corrected chi connectivity index (χ0v) is 18.1. The summed E-state index contributed by atoms with van der Waals surface area (Å²) in [4.78, 5) is 41.5. The molecule has 8 nitrogen and oxygen atoms in total. The van der Waals surface area contributed by atoms with Crippen molar-refractivity contribution < 1.29 is 14.3 Å². The predicted molar refractivity (Wildman–Crippen MR) is 116 cm³/mol. The topological polar surface area (TPSA) is 84.7 Å². The van der Waals surface area contributed by atoms with Gasteiger partial charge in [-0.2, -0.15) is 5.10 Å². The van der Waals surface area contributed by atoms with Gasteiger partial charge in [0.1, 0.15) is 6.04 Å². The maximum Gasteiger partial charge on any atom is 0.409 e. The zero-order chi connectivity index (χ0) is 21.4. The minimum absolute atomic E-state index is 0.175. The van der Waals surface area contributed by atoms with Crippen molar-refractivity contribution in [3.8, 4) is 0 Å². The molecule has 9 heteroatoms. The summed E-state index contributed by atoms with van der Waals surface area (Å²) in [6.07, 6.45) is -0.360. The maximum atomic E-state index is 13.3. The molecular weight excluding hydrogens is 404 g/mol. The lowest BCUT2D eigenvalue weighted by Gasteiger charge is -2.35. The van der Waals surface area contributed by atoms with Crippen LogP contribution in [0.3, 0.4) is 0 Å². The summed E-state index contributed by atoms with van der Waals surface area (Å²) in [5.74, 6) is -0.175. The van der Waals surface area contributed by atoms with E-state index in [4.69, 9.17) is 4.74 Å². The summed E-state index contributed by atoms with van der Waals surface area (Å²) < 4.78 is 8.21. The molecule has 1 fully saturated rings. The Bertz CT molecular complexity index is 1180. The Labute approximate surface area is 177 Å². The molecule has 0 radical (unpaired) electrons. The fourth-order valence-corrected chi connectivity index (χ4v) is 4.97. The van der Waals surface area contributed by atoms with Gasteiger partial charge in [-0.05, 0) is 26.8 Å². The van der Waals surface area contributed by atoms with Crippen molar-refractivity contribution >= 4 is 43.5 Å². The van der Waals surface area contributed by atoms with Gasteiger partial charge in [0, 0.05) is 36.3 Å². The quantitative estimate of drug-likeness (QED) is 0.640. The molecule has 1 aliphatic heterocycles. The number of benzene rings is 1. The van der Waals surface area contributed by atoms with Crippen LogP contribution in [-0.4, -0.2) is 64.4 Å². The van der Waals surface area contributed by atoms with E-state index in [2.05, 4.69) is 5.10 Å². The second-order valence-corrected chi connectivity index (χ2v) is 8.38. The Kier molecular flexibility index (Phi) is 5.46. The predicted octanol–water partition coefficient (Wildman–Crippen LogP) is 2.78. The minimum atomic E-state index is -0.728. The maximum absolute atomic E-state index is 13.3. The van der Waals surface area contributed by atoms with Gasteiger partial charge >= 0.3 is 6.09 Å². The summed E-state index contributed by atoms with van der Waals surface area (Å²) in [6.45, 7) is 7.28. The van der Waals surface area contributed by atoms with E-state index in [0.717, 1.165) is 20.5 Å². The molecule has 158 valence electrons. The van der Waals surface area contributed by atoms with Gasteiger partial charge in [-0.3, -0.25) is 9.59 Å². The van der Waals surface area contributed by atoms with Gasteiger partial charge in [-0.1, -0.05) is 18.2 Å². The van der Waals surface area contributed by atoms with Crippen molar-refractivity contribution in [1.29, 1.82) is 0 Å². The molecule has 0 unspecified atom stereocenters. The zero-order valence-electron chi connectivity index (χ0n) is 17.3. The number of carbonyl (C=O) groups excluding carboxylic acids is 2. The van der Waals surface area contributed by atoms with Crippen LogP contribution in [0.15, 0.2) is 29.1 Å². The first-order valence-corrected chi connectivity index (χ1v) is 10.8. The fourth-order valence-electron chi connectivity index (χ4n) is 3.84. The van der Waals surface area contributed by atoms with E-state index in [1.165, 1.54) is 4.68 Å². The molecule has 4 rings (SSSR count). The highest BCUT2D eigenvalue weighted by Crippen LogP contribution is 2.33. The Hall–Kier alpha value is -2.94. The van der Waals surface area contributed by atoms with Crippen molar-refractivity contribution in [3.05, 3.63) is 40.3 Å². The molecule has 0 N–H and O–H groups in total. The number of aryl methyl sites for hydroxylation is 1. The first-order chi connectivity index (χ1) is 14.4. The SMILES string of the molecule is CCOC(=O)N1CCN(C(=O)[C@@H](C)n2nc(C)c3sc4ccccc4c3c2=O)CC1. The highest BCUT2D eigenvalue weighted by molar-refractivity contribution is 7.26. The second-order valence-electron chi connectivity index (χ2n) is 7.32. The average Bonchev–Trinajstić information content (AvgIpc) is 3.16. The molecule has 3 aromatic rings. The van der Waals surface area contributed by atoms with Gasteiger partial charge in [0.2, 0.25) is 5.91 Å². The number of amides is 2. The largest absolute Gasteiger partial charge is 0.450 e. The number of fused-ring (bicyclic) bond motifs is 3. The fraction of sp³-hybridized carbons (Fsp3) is 0.429. The van der Waals surface area contributed by atoms with Gasteiger partial charge < -0.3 is 14.5 Å². The number of hydrogen-bond donors (Lipinski definition) is 0. The number of aromatic nitrogens is 2. The van der Waals surface area contributed by atoms with Crippen molar-refractivity contribution in [3.63, 3.8) is 0 Å².